The molecule has 0 atom stereocenters. The molecule has 0 saturated carbocycles. The highest BCUT2D eigenvalue weighted by atomic mass is 19.1. The van der Waals surface area contributed by atoms with Gasteiger partial charge in [0.1, 0.15) is 5.82 Å². The monoisotopic (exact) mass is 311 g/mol. The summed E-state index contributed by atoms with van der Waals surface area (Å²) in [5, 5.41) is 6.34. The third-order valence-electron chi connectivity index (χ3n) is 2.93. The summed E-state index contributed by atoms with van der Waals surface area (Å²) in [5.74, 6) is 0.548. The van der Waals surface area contributed by atoms with Gasteiger partial charge in [-0.2, -0.15) is 0 Å². The lowest BCUT2D eigenvalue weighted by atomic mass is 10.1. The zero-order valence-corrected chi connectivity index (χ0v) is 13.4. The highest BCUT2D eigenvalue weighted by Gasteiger charge is 2.01. The molecule has 0 saturated heterocycles. The van der Waals surface area contributed by atoms with Crippen molar-refractivity contribution >= 4 is 5.96 Å². The van der Waals surface area contributed by atoms with E-state index in [1.54, 1.807) is 19.2 Å². The van der Waals surface area contributed by atoms with Crippen LogP contribution in [0.1, 0.15) is 12.5 Å². The van der Waals surface area contributed by atoms with Crippen LogP contribution in [0.4, 0.5) is 4.39 Å². The number of rotatable bonds is 10. The van der Waals surface area contributed by atoms with Crippen molar-refractivity contribution in [3.05, 3.63) is 35.6 Å². The fourth-order valence-corrected chi connectivity index (χ4v) is 1.82. The Kier molecular flexibility index (Phi) is 9.98. The molecule has 0 radical (unpaired) electrons. The molecule has 0 bridgehead atoms. The highest BCUT2D eigenvalue weighted by Crippen LogP contribution is 2.05. The van der Waals surface area contributed by atoms with Gasteiger partial charge >= 0.3 is 0 Å². The van der Waals surface area contributed by atoms with Gasteiger partial charge in [0.2, 0.25) is 0 Å². The maximum absolute atomic E-state index is 13.5. The summed E-state index contributed by atoms with van der Waals surface area (Å²) in [5.41, 5.74) is 0.703. The molecule has 0 aliphatic rings. The Hall–Kier alpha value is -1.66. The maximum atomic E-state index is 13.5. The number of methoxy groups -OCH3 is 1. The number of ether oxygens (including phenoxy) is 2. The van der Waals surface area contributed by atoms with Crippen molar-refractivity contribution in [1.82, 2.24) is 10.6 Å². The molecule has 0 aliphatic carbocycles. The van der Waals surface area contributed by atoms with Crippen molar-refractivity contribution in [2.24, 2.45) is 4.99 Å². The van der Waals surface area contributed by atoms with E-state index < -0.39 is 0 Å². The molecule has 0 amide bonds. The smallest absolute Gasteiger partial charge is 0.191 e. The van der Waals surface area contributed by atoms with Gasteiger partial charge in [0.15, 0.2) is 5.96 Å². The number of hydrogen-bond donors (Lipinski definition) is 2. The first-order valence-electron chi connectivity index (χ1n) is 7.60. The van der Waals surface area contributed by atoms with E-state index in [1.807, 2.05) is 13.0 Å². The van der Waals surface area contributed by atoms with Crippen molar-refractivity contribution in [3.63, 3.8) is 0 Å². The van der Waals surface area contributed by atoms with Gasteiger partial charge in [0.05, 0.1) is 26.4 Å². The molecule has 0 heterocycles. The fraction of sp³-hybridized carbons (Fsp3) is 0.562. The van der Waals surface area contributed by atoms with E-state index >= 15 is 0 Å². The van der Waals surface area contributed by atoms with Crippen LogP contribution in [0.2, 0.25) is 0 Å². The van der Waals surface area contributed by atoms with Gasteiger partial charge in [-0.3, -0.25) is 4.99 Å². The molecule has 0 aliphatic heterocycles. The zero-order valence-electron chi connectivity index (χ0n) is 13.4. The Morgan fingerprint density at radius 3 is 2.73 bits per heavy atom. The summed E-state index contributed by atoms with van der Waals surface area (Å²) < 4.78 is 23.8. The predicted molar refractivity (Wildman–Crippen MR) is 86.8 cm³/mol. The van der Waals surface area contributed by atoms with Crippen molar-refractivity contribution in [2.75, 3.05) is 46.6 Å². The molecule has 0 fully saturated rings. The van der Waals surface area contributed by atoms with Crippen LogP contribution in [0, 0.1) is 5.82 Å². The normalized spacial score (nSPS) is 11.5. The van der Waals surface area contributed by atoms with Crippen LogP contribution in [-0.4, -0.2) is 52.5 Å². The van der Waals surface area contributed by atoms with Crippen molar-refractivity contribution in [1.29, 1.82) is 0 Å². The summed E-state index contributed by atoms with van der Waals surface area (Å²) in [6.07, 6.45) is 0.613. The van der Waals surface area contributed by atoms with E-state index in [-0.39, 0.29) is 5.82 Å². The first-order valence-corrected chi connectivity index (χ1v) is 7.60. The molecule has 0 unspecified atom stereocenters. The third-order valence-corrected chi connectivity index (χ3v) is 2.93. The SMILES string of the molecule is CCNC(=NCCOCCOC)NCCc1ccccc1F. The van der Waals surface area contributed by atoms with Gasteiger partial charge in [0.25, 0.3) is 0 Å². The van der Waals surface area contributed by atoms with E-state index in [9.17, 15) is 4.39 Å². The lowest BCUT2D eigenvalue weighted by Gasteiger charge is -2.11. The quantitative estimate of drug-likeness (QED) is 0.391. The molecule has 124 valence electrons. The molecular formula is C16H26FN3O2. The zero-order chi connectivity index (χ0) is 16.0. The number of nitrogens with zero attached hydrogens (tertiary/aromatic N) is 1. The minimum Gasteiger partial charge on any atom is -0.382 e. The predicted octanol–water partition coefficient (Wildman–Crippen LogP) is 1.59. The molecule has 1 rings (SSSR count). The Labute approximate surface area is 131 Å². The Bertz CT molecular complexity index is 441. The largest absolute Gasteiger partial charge is 0.382 e. The number of aliphatic imine (C=N–C) groups is 1. The van der Waals surface area contributed by atoms with Crippen LogP contribution < -0.4 is 10.6 Å². The molecular weight excluding hydrogens is 285 g/mol. The average Bonchev–Trinajstić information content (AvgIpc) is 2.52. The number of benzene rings is 1. The summed E-state index contributed by atoms with van der Waals surface area (Å²) in [4.78, 5) is 4.40. The van der Waals surface area contributed by atoms with Gasteiger partial charge in [0, 0.05) is 20.2 Å². The summed E-state index contributed by atoms with van der Waals surface area (Å²) in [6, 6.07) is 6.81. The van der Waals surface area contributed by atoms with E-state index in [2.05, 4.69) is 15.6 Å². The molecule has 22 heavy (non-hydrogen) atoms. The topological polar surface area (TPSA) is 54.9 Å². The summed E-state index contributed by atoms with van der Waals surface area (Å²) in [7, 11) is 1.64. The average molecular weight is 311 g/mol. The lowest BCUT2D eigenvalue weighted by molar-refractivity contribution is 0.0748. The van der Waals surface area contributed by atoms with Crippen molar-refractivity contribution in [2.45, 2.75) is 13.3 Å². The Morgan fingerprint density at radius 1 is 1.18 bits per heavy atom. The second-order valence-corrected chi connectivity index (χ2v) is 4.63. The first-order chi connectivity index (χ1) is 10.8. The lowest BCUT2D eigenvalue weighted by Crippen LogP contribution is -2.38. The third kappa shape index (κ3) is 7.95. The van der Waals surface area contributed by atoms with Crippen LogP contribution in [-0.2, 0) is 15.9 Å². The minimum atomic E-state index is -0.169. The van der Waals surface area contributed by atoms with E-state index in [0.717, 1.165) is 6.54 Å². The Balaban J connectivity index is 2.29. The van der Waals surface area contributed by atoms with E-state index in [4.69, 9.17) is 9.47 Å². The van der Waals surface area contributed by atoms with Gasteiger partial charge in [-0.25, -0.2) is 4.39 Å². The van der Waals surface area contributed by atoms with Crippen molar-refractivity contribution in [3.8, 4) is 0 Å². The standard InChI is InChI=1S/C16H26FN3O2/c1-3-18-16(20-10-11-22-13-12-21-2)19-9-8-14-6-4-5-7-15(14)17/h4-7H,3,8-13H2,1-2H3,(H2,18,19,20). The van der Waals surface area contributed by atoms with Crippen LogP contribution in [0.25, 0.3) is 0 Å². The van der Waals surface area contributed by atoms with Crippen LogP contribution in [0.15, 0.2) is 29.3 Å². The van der Waals surface area contributed by atoms with Gasteiger partial charge < -0.3 is 20.1 Å². The van der Waals surface area contributed by atoms with Crippen LogP contribution in [0.3, 0.4) is 0 Å². The van der Waals surface area contributed by atoms with Gasteiger partial charge in [-0.1, -0.05) is 18.2 Å². The number of hydrogen-bond acceptors (Lipinski definition) is 3. The highest BCUT2D eigenvalue weighted by molar-refractivity contribution is 5.79. The fourth-order valence-electron chi connectivity index (χ4n) is 1.82. The number of guanidine groups is 1. The summed E-state index contributed by atoms with van der Waals surface area (Å²) in [6.45, 7) is 5.68. The molecule has 0 spiro atoms. The maximum Gasteiger partial charge on any atom is 0.191 e. The van der Waals surface area contributed by atoms with Crippen molar-refractivity contribution < 1.29 is 13.9 Å². The molecule has 1 aromatic rings. The van der Waals surface area contributed by atoms with Crippen LogP contribution in [0.5, 0.6) is 0 Å². The molecule has 5 nitrogen and oxygen atoms in total. The molecule has 1 aromatic carbocycles. The molecule has 6 heteroatoms. The Morgan fingerprint density at radius 2 is 2.00 bits per heavy atom. The van der Waals surface area contributed by atoms with E-state index in [0.29, 0.717) is 50.9 Å². The molecule has 2 N–H and O–H groups in total. The van der Waals surface area contributed by atoms with Gasteiger partial charge in [-0.05, 0) is 25.0 Å². The second kappa shape index (κ2) is 11.9. The minimum absolute atomic E-state index is 0.169. The first kappa shape index (κ1) is 18.4. The van der Waals surface area contributed by atoms with E-state index in [1.165, 1.54) is 6.07 Å². The number of halogens is 1. The van der Waals surface area contributed by atoms with Crippen LogP contribution >= 0.6 is 0 Å². The second-order valence-electron chi connectivity index (χ2n) is 4.63. The molecule has 0 aromatic heterocycles. The number of nitrogens with one attached hydrogen (secondary N) is 2. The summed E-state index contributed by atoms with van der Waals surface area (Å²) >= 11 is 0. The van der Waals surface area contributed by atoms with Gasteiger partial charge in [-0.15, -0.1) is 0 Å².